The number of nitrogens with zero attached hydrogens (tertiary/aromatic N) is 2. The maximum absolute atomic E-state index is 10.6. The summed E-state index contributed by atoms with van der Waals surface area (Å²) in [6.07, 6.45) is -2.22. The highest BCUT2D eigenvalue weighted by Gasteiger charge is 2.45. The molecule has 0 amide bonds. The first-order chi connectivity index (χ1) is 16.3. The Labute approximate surface area is 197 Å². The predicted molar refractivity (Wildman–Crippen MR) is 111 cm³/mol. The third-order valence-electron chi connectivity index (χ3n) is 6.00. The van der Waals surface area contributed by atoms with E-state index in [2.05, 4.69) is 15.2 Å². The molecule has 3 fully saturated rings. The number of aromatic nitrogens is 1. The zero-order chi connectivity index (χ0) is 26.2. The minimum atomic E-state index is -5.08. The van der Waals surface area contributed by atoms with E-state index in [1.165, 1.54) is 32.2 Å². The maximum atomic E-state index is 10.6. The van der Waals surface area contributed by atoms with Gasteiger partial charge >= 0.3 is 24.3 Å². The number of carboxylic acid groups (broad SMARTS) is 2. The lowest BCUT2D eigenvalue weighted by Gasteiger charge is -2.25. The normalized spacial score (nSPS) is 24.6. The van der Waals surface area contributed by atoms with Gasteiger partial charge in [0.1, 0.15) is 5.82 Å². The molecule has 2 aliphatic heterocycles. The first-order valence-corrected chi connectivity index (χ1v) is 10.9. The topological polar surface area (TPSA) is 112 Å². The molecule has 2 saturated heterocycles. The number of alkyl halides is 6. The number of carbonyl (C=O) groups is 2. The molecule has 3 N–H and O–H groups in total. The van der Waals surface area contributed by atoms with E-state index < -0.39 is 24.3 Å². The molecule has 0 bridgehead atoms. The minimum Gasteiger partial charge on any atom is -0.475 e. The van der Waals surface area contributed by atoms with Crippen LogP contribution in [0.2, 0.25) is 0 Å². The van der Waals surface area contributed by atoms with Crippen molar-refractivity contribution < 1.29 is 50.9 Å². The molecule has 1 aromatic heterocycles. The molecule has 198 valence electrons. The monoisotopic (exact) mass is 515 g/mol. The van der Waals surface area contributed by atoms with Crippen molar-refractivity contribution in [1.29, 1.82) is 0 Å². The highest BCUT2D eigenvalue weighted by molar-refractivity contribution is 5.73. The molecule has 1 saturated carbocycles. The quantitative estimate of drug-likeness (QED) is 0.522. The Hall–Kier alpha value is -2.61. The predicted octanol–water partition coefficient (Wildman–Crippen LogP) is 3.65. The van der Waals surface area contributed by atoms with E-state index in [1.807, 2.05) is 24.4 Å². The molecule has 1 aliphatic carbocycles. The number of pyridine rings is 1. The number of halogens is 6. The summed E-state index contributed by atoms with van der Waals surface area (Å²) in [6, 6.07) is 6.85. The van der Waals surface area contributed by atoms with Crippen molar-refractivity contribution in [3.05, 3.63) is 24.4 Å². The van der Waals surface area contributed by atoms with Crippen molar-refractivity contribution in [3.63, 3.8) is 0 Å². The van der Waals surface area contributed by atoms with E-state index >= 15 is 0 Å². The molecule has 0 aromatic carbocycles. The van der Waals surface area contributed by atoms with Crippen LogP contribution in [0.1, 0.15) is 25.7 Å². The van der Waals surface area contributed by atoms with Gasteiger partial charge in [-0.15, -0.1) is 0 Å². The van der Waals surface area contributed by atoms with Crippen molar-refractivity contribution >= 4 is 17.8 Å². The molecule has 0 spiro atoms. The van der Waals surface area contributed by atoms with Gasteiger partial charge in [0.2, 0.25) is 0 Å². The van der Waals surface area contributed by atoms with Gasteiger partial charge in [0.15, 0.2) is 0 Å². The van der Waals surface area contributed by atoms with E-state index in [4.69, 9.17) is 24.5 Å². The first kappa shape index (κ1) is 28.6. The fourth-order valence-electron chi connectivity index (χ4n) is 4.31. The summed E-state index contributed by atoms with van der Waals surface area (Å²) in [6.45, 7) is 4.30. The van der Waals surface area contributed by atoms with Crippen LogP contribution in [0.5, 0.6) is 0 Å². The summed E-state index contributed by atoms with van der Waals surface area (Å²) in [5, 5.41) is 17.7. The Balaban J connectivity index is 0.000000257. The van der Waals surface area contributed by atoms with Crippen LogP contribution in [0.25, 0.3) is 0 Å². The van der Waals surface area contributed by atoms with Crippen molar-refractivity contribution in [2.75, 3.05) is 31.6 Å². The van der Waals surface area contributed by atoms with Crippen molar-refractivity contribution in [2.24, 2.45) is 11.8 Å². The van der Waals surface area contributed by atoms with Crippen LogP contribution in [0.3, 0.4) is 0 Å². The number of nitrogens with one attached hydrogen (secondary N) is 1. The fraction of sp³-hybridized carbons (Fsp3) is 0.667. The third kappa shape index (κ3) is 9.17. The average molecular weight is 515 g/mol. The van der Waals surface area contributed by atoms with E-state index in [0.29, 0.717) is 17.9 Å². The van der Waals surface area contributed by atoms with Gasteiger partial charge < -0.3 is 20.3 Å². The lowest BCUT2D eigenvalue weighted by atomic mass is 9.93. The van der Waals surface area contributed by atoms with Crippen molar-refractivity contribution in [1.82, 2.24) is 9.88 Å². The van der Waals surface area contributed by atoms with Crippen LogP contribution in [-0.2, 0) is 14.3 Å². The summed E-state index contributed by atoms with van der Waals surface area (Å²) in [5.41, 5.74) is 0. The second kappa shape index (κ2) is 12.4. The Morgan fingerprint density at radius 3 is 2.09 bits per heavy atom. The van der Waals surface area contributed by atoms with Gasteiger partial charge in [-0.2, -0.15) is 26.3 Å². The van der Waals surface area contributed by atoms with Crippen LogP contribution in [0.15, 0.2) is 24.4 Å². The molecule has 14 heteroatoms. The molecular weight excluding hydrogens is 488 g/mol. The minimum absolute atomic E-state index is 0.473. The molecule has 4 rings (SSSR count). The largest absolute Gasteiger partial charge is 0.490 e. The summed E-state index contributed by atoms with van der Waals surface area (Å²) >= 11 is 0. The molecule has 3 atom stereocenters. The fourth-order valence-corrected chi connectivity index (χ4v) is 4.31. The molecule has 1 aromatic rings. The maximum Gasteiger partial charge on any atom is 0.490 e. The lowest BCUT2D eigenvalue weighted by molar-refractivity contribution is -0.193. The number of likely N-dealkylation sites (tertiary alicyclic amines) is 1. The molecule has 3 aliphatic rings. The van der Waals surface area contributed by atoms with Gasteiger partial charge in [-0.1, -0.05) is 18.9 Å². The molecule has 8 nitrogen and oxygen atoms in total. The molecule has 3 heterocycles. The summed E-state index contributed by atoms with van der Waals surface area (Å²) < 4.78 is 69.5. The number of ether oxygens (including phenoxy) is 1. The Kier molecular flexibility index (Phi) is 10.1. The van der Waals surface area contributed by atoms with E-state index in [1.54, 1.807) is 0 Å². The van der Waals surface area contributed by atoms with Crippen LogP contribution in [-0.4, -0.2) is 82.8 Å². The van der Waals surface area contributed by atoms with Gasteiger partial charge in [-0.25, -0.2) is 14.6 Å². The Morgan fingerprint density at radius 2 is 1.60 bits per heavy atom. The number of anilines is 1. The molecular formula is C21H27F6N3O5. The van der Waals surface area contributed by atoms with Gasteiger partial charge in [-0.3, -0.25) is 4.90 Å². The van der Waals surface area contributed by atoms with E-state index in [0.717, 1.165) is 31.6 Å². The van der Waals surface area contributed by atoms with Gasteiger partial charge in [0, 0.05) is 43.7 Å². The van der Waals surface area contributed by atoms with Gasteiger partial charge in [-0.05, 0) is 25.0 Å². The molecule has 35 heavy (non-hydrogen) atoms. The number of hydrogen-bond donors (Lipinski definition) is 3. The number of hydrogen-bond acceptors (Lipinski definition) is 6. The van der Waals surface area contributed by atoms with Crippen LogP contribution in [0.4, 0.5) is 32.2 Å². The number of aliphatic carboxylic acids is 2. The summed E-state index contributed by atoms with van der Waals surface area (Å²) in [5.74, 6) is -3.20. The van der Waals surface area contributed by atoms with Crippen molar-refractivity contribution in [2.45, 2.75) is 50.2 Å². The van der Waals surface area contributed by atoms with Crippen LogP contribution >= 0.6 is 0 Å². The molecule has 0 unspecified atom stereocenters. The van der Waals surface area contributed by atoms with Crippen LogP contribution in [0, 0.1) is 11.8 Å². The van der Waals surface area contributed by atoms with Crippen LogP contribution < -0.4 is 5.32 Å². The molecule has 0 radical (unpaired) electrons. The number of carboxylic acids is 2. The highest BCUT2D eigenvalue weighted by atomic mass is 19.4. The Morgan fingerprint density at radius 1 is 1.03 bits per heavy atom. The standard InChI is InChI=1S/C17H25N3O.2C2HF3O2/c1-2-6-14(5-1)20-10-15-13(12-21-16(15)11-20)9-19-17-7-3-4-8-18-17;2*3-2(4,5)1(6)7/h3-4,7-8,13-16H,1-2,5-6,9-12H2,(H,18,19);2*(H,6,7)/t13-,15-,16-;;/m1../s1. The number of fused-ring (bicyclic) bond motifs is 1. The van der Waals surface area contributed by atoms with E-state index in [-0.39, 0.29) is 0 Å². The smallest absolute Gasteiger partial charge is 0.475 e. The Bertz CT molecular complexity index is 794. The second-order valence-electron chi connectivity index (χ2n) is 8.39. The lowest BCUT2D eigenvalue weighted by Crippen LogP contribution is -2.34. The average Bonchev–Trinajstić information content (AvgIpc) is 3.50. The second-order valence-corrected chi connectivity index (χ2v) is 8.39. The SMILES string of the molecule is O=C(O)C(F)(F)F.O=C(O)C(F)(F)F.c1ccc(NC[C@@H]2CO[C@@H]3CN(C4CCCC4)C[C@H]23)nc1. The highest BCUT2D eigenvalue weighted by Crippen LogP contribution is 2.37. The zero-order valence-corrected chi connectivity index (χ0v) is 18.6. The van der Waals surface area contributed by atoms with Gasteiger partial charge in [0.25, 0.3) is 0 Å². The number of rotatable bonds is 4. The zero-order valence-electron chi connectivity index (χ0n) is 18.6. The third-order valence-corrected chi connectivity index (χ3v) is 6.00. The first-order valence-electron chi connectivity index (χ1n) is 10.9. The van der Waals surface area contributed by atoms with Gasteiger partial charge in [0.05, 0.1) is 12.7 Å². The summed E-state index contributed by atoms with van der Waals surface area (Å²) in [4.78, 5) is 24.8. The van der Waals surface area contributed by atoms with Crippen molar-refractivity contribution in [3.8, 4) is 0 Å². The summed E-state index contributed by atoms with van der Waals surface area (Å²) in [7, 11) is 0. The van der Waals surface area contributed by atoms with E-state index in [9.17, 15) is 26.3 Å².